The third-order valence-corrected chi connectivity index (χ3v) is 5.92. The molecule has 2 aliphatic heterocycles. The standard InChI is InChI=1S/C11H21ClN2O3S/c12-5-4-11-3-1-2-6-14(11)18(15,16)13-7-9-17-10-8-13/h11H,1-10H2. The second-order valence-corrected chi connectivity index (χ2v) is 7.02. The summed E-state index contributed by atoms with van der Waals surface area (Å²) in [5.74, 6) is 0.514. The van der Waals surface area contributed by atoms with Gasteiger partial charge in [0.1, 0.15) is 0 Å². The van der Waals surface area contributed by atoms with Gasteiger partial charge < -0.3 is 4.74 Å². The molecule has 2 fully saturated rings. The second-order valence-electron chi connectivity index (χ2n) is 4.76. The van der Waals surface area contributed by atoms with Crippen molar-refractivity contribution >= 4 is 21.8 Å². The highest BCUT2D eigenvalue weighted by molar-refractivity contribution is 7.86. The first-order chi connectivity index (χ1) is 8.66. The van der Waals surface area contributed by atoms with Crippen LogP contribution in [0.2, 0.25) is 0 Å². The van der Waals surface area contributed by atoms with Crippen LogP contribution in [0.5, 0.6) is 0 Å². The van der Waals surface area contributed by atoms with Crippen molar-refractivity contribution in [3.8, 4) is 0 Å². The molecule has 18 heavy (non-hydrogen) atoms. The molecule has 0 N–H and O–H groups in total. The third kappa shape index (κ3) is 3.17. The number of alkyl halides is 1. The van der Waals surface area contributed by atoms with Gasteiger partial charge in [-0.15, -0.1) is 11.6 Å². The number of nitrogens with zero attached hydrogens (tertiary/aromatic N) is 2. The Kier molecular flexibility index (Phi) is 5.26. The molecule has 1 atom stereocenters. The van der Waals surface area contributed by atoms with Crippen molar-refractivity contribution in [1.29, 1.82) is 0 Å². The Bertz CT molecular complexity index is 355. The molecule has 0 amide bonds. The first-order valence-electron chi connectivity index (χ1n) is 6.57. The minimum atomic E-state index is -3.33. The summed E-state index contributed by atoms with van der Waals surface area (Å²) in [5.41, 5.74) is 0. The largest absolute Gasteiger partial charge is 0.379 e. The highest BCUT2D eigenvalue weighted by Gasteiger charge is 2.36. The maximum atomic E-state index is 12.6. The van der Waals surface area contributed by atoms with Crippen LogP contribution in [0.1, 0.15) is 25.7 Å². The molecule has 0 radical (unpaired) electrons. The van der Waals surface area contributed by atoms with Crippen LogP contribution in [0.15, 0.2) is 0 Å². The van der Waals surface area contributed by atoms with Crippen molar-refractivity contribution in [2.45, 2.75) is 31.7 Å². The van der Waals surface area contributed by atoms with Gasteiger partial charge in [-0.05, 0) is 19.3 Å². The summed E-state index contributed by atoms with van der Waals surface area (Å²) >= 11 is 5.78. The first-order valence-corrected chi connectivity index (χ1v) is 8.50. The van der Waals surface area contributed by atoms with Crippen LogP contribution in [-0.4, -0.2) is 61.8 Å². The number of ether oxygens (including phenoxy) is 1. The van der Waals surface area contributed by atoms with Crippen molar-refractivity contribution in [3.05, 3.63) is 0 Å². The van der Waals surface area contributed by atoms with Gasteiger partial charge in [0.25, 0.3) is 10.2 Å². The maximum absolute atomic E-state index is 12.6. The molecule has 2 rings (SSSR count). The minimum Gasteiger partial charge on any atom is -0.379 e. The molecule has 2 saturated heterocycles. The predicted octanol–water partition coefficient (Wildman–Crippen LogP) is 1.05. The van der Waals surface area contributed by atoms with E-state index < -0.39 is 10.2 Å². The summed E-state index contributed by atoms with van der Waals surface area (Å²) in [6.07, 6.45) is 3.71. The van der Waals surface area contributed by atoms with Gasteiger partial charge in [0.15, 0.2) is 0 Å². The molecule has 0 aliphatic carbocycles. The normalized spacial score (nSPS) is 28.4. The van der Waals surface area contributed by atoms with E-state index in [1.165, 1.54) is 0 Å². The lowest BCUT2D eigenvalue weighted by atomic mass is 10.0. The average Bonchev–Trinajstić information content (AvgIpc) is 2.41. The SMILES string of the molecule is O=S(=O)(N1CCOCC1)N1CCCCC1CCCl. The van der Waals surface area contributed by atoms with E-state index in [1.807, 2.05) is 0 Å². The van der Waals surface area contributed by atoms with E-state index in [1.54, 1.807) is 8.61 Å². The highest BCUT2D eigenvalue weighted by atomic mass is 35.5. The zero-order chi connectivity index (χ0) is 13.0. The smallest absolute Gasteiger partial charge is 0.282 e. The fraction of sp³-hybridized carbons (Fsp3) is 1.00. The number of morpholine rings is 1. The number of rotatable bonds is 4. The fourth-order valence-electron chi connectivity index (χ4n) is 2.62. The van der Waals surface area contributed by atoms with Crippen molar-refractivity contribution in [2.24, 2.45) is 0 Å². The van der Waals surface area contributed by atoms with Gasteiger partial charge in [0, 0.05) is 31.6 Å². The molecule has 106 valence electrons. The molecule has 0 bridgehead atoms. The van der Waals surface area contributed by atoms with Gasteiger partial charge in [0.2, 0.25) is 0 Å². The first kappa shape index (κ1) is 14.5. The van der Waals surface area contributed by atoms with Crippen LogP contribution >= 0.6 is 11.6 Å². The molecule has 0 aromatic heterocycles. The Morgan fingerprint density at radius 3 is 2.56 bits per heavy atom. The number of hydrogen-bond acceptors (Lipinski definition) is 3. The highest BCUT2D eigenvalue weighted by Crippen LogP contribution is 2.25. The Morgan fingerprint density at radius 1 is 1.17 bits per heavy atom. The molecular formula is C11H21ClN2O3S. The monoisotopic (exact) mass is 296 g/mol. The Hall–Kier alpha value is 0.120. The predicted molar refractivity (Wildman–Crippen MR) is 71.0 cm³/mol. The van der Waals surface area contributed by atoms with Gasteiger partial charge in [-0.1, -0.05) is 6.42 Å². The fourth-order valence-corrected chi connectivity index (χ4v) is 4.72. The van der Waals surface area contributed by atoms with Gasteiger partial charge in [0.05, 0.1) is 13.2 Å². The van der Waals surface area contributed by atoms with Crippen molar-refractivity contribution in [2.75, 3.05) is 38.7 Å². The van der Waals surface area contributed by atoms with E-state index in [0.29, 0.717) is 38.7 Å². The zero-order valence-corrected chi connectivity index (χ0v) is 12.1. The van der Waals surface area contributed by atoms with Crippen LogP contribution in [0.25, 0.3) is 0 Å². The van der Waals surface area contributed by atoms with E-state index >= 15 is 0 Å². The Morgan fingerprint density at radius 2 is 1.89 bits per heavy atom. The molecule has 0 aromatic carbocycles. The van der Waals surface area contributed by atoms with Gasteiger partial charge in [-0.25, -0.2) is 0 Å². The summed E-state index contributed by atoms with van der Waals surface area (Å²) in [7, 11) is -3.33. The molecular weight excluding hydrogens is 276 g/mol. The summed E-state index contributed by atoms with van der Waals surface area (Å²) in [6, 6.07) is 0.0732. The average molecular weight is 297 g/mol. The van der Waals surface area contributed by atoms with Crippen LogP contribution in [0.4, 0.5) is 0 Å². The van der Waals surface area contributed by atoms with Crippen LogP contribution in [-0.2, 0) is 14.9 Å². The van der Waals surface area contributed by atoms with Crippen LogP contribution in [0.3, 0.4) is 0 Å². The molecule has 2 heterocycles. The number of piperidine rings is 1. The molecule has 0 saturated carbocycles. The van der Waals surface area contributed by atoms with E-state index in [0.717, 1.165) is 25.7 Å². The van der Waals surface area contributed by atoms with Gasteiger partial charge in [-0.3, -0.25) is 0 Å². The Balaban J connectivity index is 2.10. The minimum absolute atomic E-state index is 0.0732. The van der Waals surface area contributed by atoms with Crippen LogP contribution < -0.4 is 0 Å². The molecule has 0 spiro atoms. The maximum Gasteiger partial charge on any atom is 0.282 e. The van der Waals surface area contributed by atoms with Crippen molar-refractivity contribution in [1.82, 2.24) is 8.61 Å². The summed E-state index contributed by atoms with van der Waals surface area (Å²) in [6.45, 7) is 2.54. The molecule has 5 nitrogen and oxygen atoms in total. The summed E-state index contributed by atoms with van der Waals surface area (Å²) in [5, 5.41) is 0. The number of halogens is 1. The van der Waals surface area contributed by atoms with E-state index in [2.05, 4.69) is 0 Å². The second kappa shape index (κ2) is 6.52. The van der Waals surface area contributed by atoms with Crippen molar-refractivity contribution in [3.63, 3.8) is 0 Å². The number of hydrogen-bond donors (Lipinski definition) is 0. The Labute approximate surface area is 114 Å². The molecule has 7 heteroatoms. The van der Waals surface area contributed by atoms with E-state index in [9.17, 15) is 8.42 Å². The zero-order valence-electron chi connectivity index (χ0n) is 10.6. The topological polar surface area (TPSA) is 49.9 Å². The van der Waals surface area contributed by atoms with E-state index in [-0.39, 0.29) is 6.04 Å². The molecule has 2 aliphatic rings. The lowest BCUT2D eigenvalue weighted by Gasteiger charge is -2.38. The molecule has 0 aromatic rings. The van der Waals surface area contributed by atoms with Crippen molar-refractivity contribution < 1.29 is 13.2 Å². The van der Waals surface area contributed by atoms with E-state index in [4.69, 9.17) is 16.3 Å². The summed E-state index contributed by atoms with van der Waals surface area (Å²) < 4.78 is 33.6. The lowest BCUT2D eigenvalue weighted by molar-refractivity contribution is 0.0681. The summed E-state index contributed by atoms with van der Waals surface area (Å²) in [4.78, 5) is 0. The van der Waals surface area contributed by atoms with Crippen LogP contribution in [0, 0.1) is 0 Å². The van der Waals surface area contributed by atoms with Gasteiger partial charge in [-0.2, -0.15) is 17.0 Å². The third-order valence-electron chi connectivity index (χ3n) is 3.61. The molecule has 1 unspecified atom stereocenters. The quantitative estimate of drug-likeness (QED) is 0.729. The lowest BCUT2D eigenvalue weighted by Crippen LogP contribution is -2.53. The van der Waals surface area contributed by atoms with Gasteiger partial charge >= 0.3 is 0 Å².